The van der Waals surface area contributed by atoms with E-state index in [-0.39, 0.29) is 0 Å². The highest BCUT2D eigenvalue weighted by Crippen LogP contribution is 2.66. The number of anilines is 3. The van der Waals surface area contributed by atoms with Crippen molar-refractivity contribution in [2.75, 3.05) is 4.90 Å². The van der Waals surface area contributed by atoms with E-state index in [9.17, 15) is 0 Å². The van der Waals surface area contributed by atoms with Crippen molar-refractivity contribution >= 4 is 62.5 Å². The second-order valence-electron chi connectivity index (χ2n) is 19.4. The van der Waals surface area contributed by atoms with Gasteiger partial charge in [-0.05, 0) is 127 Å². The van der Waals surface area contributed by atoms with Crippen LogP contribution in [0.2, 0.25) is 0 Å². The standard InChI is InChI=1S/C68H41NOS2/c1-4-22-51-46(17-1)47-40-39-44(41-58(47)68(51)55-26-8-13-33-63(55)72-64-34-14-9-27-56(64)68)69(43-37-35-42(36-38-43)45-20-15-21-49-48-18-3-10-30-60(48)70-66(45)49)59-29-16-28-57-65(59)50-19-2-5-23-52(50)67(57)53-24-6-11-31-61(53)71-62-32-12-7-25-54(62)67/h1-41H. The van der Waals surface area contributed by atoms with Crippen molar-refractivity contribution in [1.82, 2.24) is 0 Å². The van der Waals surface area contributed by atoms with Crippen molar-refractivity contribution in [1.29, 1.82) is 0 Å². The zero-order valence-electron chi connectivity index (χ0n) is 38.8. The van der Waals surface area contributed by atoms with Crippen LogP contribution in [0.3, 0.4) is 0 Å². The molecule has 0 atom stereocenters. The van der Waals surface area contributed by atoms with Crippen LogP contribution in [0.1, 0.15) is 44.5 Å². The van der Waals surface area contributed by atoms with Gasteiger partial charge in [-0.15, -0.1) is 0 Å². The van der Waals surface area contributed by atoms with Crippen LogP contribution in [-0.2, 0) is 10.8 Å². The first-order chi connectivity index (χ1) is 35.7. The lowest BCUT2D eigenvalue weighted by Crippen LogP contribution is -2.32. The molecule has 0 amide bonds. The minimum atomic E-state index is -0.524. The van der Waals surface area contributed by atoms with Crippen LogP contribution in [-0.4, -0.2) is 0 Å². The van der Waals surface area contributed by atoms with E-state index < -0.39 is 10.8 Å². The van der Waals surface area contributed by atoms with Gasteiger partial charge in [-0.1, -0.05) is 212 Å². The Balaban J connectivity index is 0.974. The van der Waals surface area contributed by atoms with Gasteiger partial charge >= 0.3 is 0 Å². The van der Waals surface area contributed by atoms with Crippen LogP contribution in [0.25, 0.3) is 55.3 Å². The Kier molecular flexibility index (Phi) is 8.49. The molecule has 0 bridgehead atoms. The third-order valence-electron chi connectivity index (χ3n) is 16.0. The van der Waals surface area contributed by atoms with Crippen molar-refractivity contribution in [3.63, 3.8) is 0 Å². The number of para-hydroxylation sites is 2. The molecule has 0 saturated heterocycles. The Hall–Kier alpha value is -8.28. The van der Waals surface area contributed by atoms with Crippen molar-refractivity contribution < 1.29 is 4.42 Å². The molecule has 11 aromatic carbocycles. The van der Waals surface area contributed by atoms with Gasteiger partial charge in [-0.2, -0.15) is 0 Å². The van der Waals surface area contributed by atoms with Crippen LogP contribution in [0.5, 0.6) is 0 Å². The maximum atomic E-state index is 6.60. The van der Waals surface area contributed by atoms with Gasteiger partial charge < -0.3 is 9.32 Å². The largest absolute Gasteiger partial charge is 0.455 e. The van der Waals surface area contributed by atoms with Crippen LogP contribution in [0.4, 0.5) is 17.1 Å². The summed E-state index contributed by atoms with van der Waals surface area (Å²) in [6.07, 6.45) is 0. The number of benzene rings is 11. The SMILES string of the molecule is c1ccc2c(c1)Sc1ccccc1C21c2ccccc2-c2ccc(N(c3ccc(-c4cccc5c4oc4ccccc45)cc3)c3cccc4c3-c3ccccc3C43c4ccccc4Sc4ccccc43)cc21. The van der Waals surface area contributed by atoms with Gasteiger partial charge in [0.2, 0.25) is 0 Å². The van der Waals surface area contributed by atoms with Crippen molar-refractivity contribution in [3.8, 4) is 33.4 Å². The van der Waals surface area contributed by atoms with Gasteiger partial charge in [-0.25, -0.2) is 0 Å². The molecule has 72 heavy (non-hydrogen) atoms. The number of fused-ring (bicyclic) bond motifs is 21. The van der Waals surface area contributed by atoms with Gasteiger partial charge in [0, 0.05) is 52.9 Å². The minimum Gasteiger partial charge on any atom is -0.455 e. The van der Waals surface area contributed by atoms with Crippen molar-refractivity contribution in [2.45, 2.75) is 30.4 Å². The van der Waals surface area contributed by atoms with E-state index >= 15 is 0 Å². The molecular formula is C68H41NOS2. The Morgan fingerprint density at radius 3 is 1.43 bits per heavy atom. The van der Waals surface area contributed by atoms with Gasteiger partial charge in [0.15, 0.2) is 0 Å². The average Bonchev–Trinajstić information content (AvgIpc) is 4.07. The molecule has 0 radical (unpaired) electrons. The number of hydrogen-bond acceptors (Lipinski definition) is 4. The maximum Gasteiger partial charge on any atom is 0.143 e. The average molecular weight is 952 g/mol. The molecule has 4 aliphatic rings. The Morgan fingerprint density at radius 2 is 0.778 bits per heavy atom. The van der Waals surface area contributed by atoms with Gasteiger partial charge in [0.1, 0.15) is 11.2 Å². The molecule has 4 heteroatoms. The molecule has 16 rings (SSSR count). The maximum absolute atomic E-state index is 6.60. The number of rotatable bonds is 4. The molecule has 336 valence electrons. The summed E-state index contributed by atoms with van der Waals surface area (Å²) in [5.41, 5.74) is 21.9. The fourth-order valence-electron chi connectivity index (χ4n) is 13.2. The first-order valence-electron chi connectivity index (χ1n) is 24.7. The highest BCUT2D eigenvalue weighted by molar-refractivity contribution is 7.99. The smallest absolute Gasteiger partial charge is 0.143 e. The first-order valence-corrected chi connectivity index (χ1v) is 26.4. The van der Waals surface area contributed by atoms with Crippen LogP contribution in [0.15, 0.2) is 273 Å². The molecule has 0 N–H and O–H groups in total. The first kappa shape index (κ1) is 40.4. The minimum absolute atomic E-state index is 0.516. The predicted octanol–water partition coefficient (Wildman–Crippen LogP) is 18.4. The summed E-state index contributed by atoms with van der Waals surface area (Å²) in [5, 5.41) is 2.26. The molecule has 0 fully saturated rings. The molecule has 2 nitrogen and oxygen atoms in total. The molecule has 12 aromatic rings. The van der Waals surface area contributed by atoms with E-state index in [0.29, 0.717) is 0 Å². The molecule has 1 aromatic heterocycles. The van der Waals surface area contributed by atoms with E-state index in [4.69, 9.17) is 4.42 Å². The second kappa shape index (κ2) is 15.1. The predicted molar refractivity (Wildman–Crippen MR) is 297 cm³/mol. The summed E-state index contributed by atoms with van der Waals surface area (Å²) in [6, 6.07) is 93.0. The third kappa shape index (κ3) is 5.27. The zero-order chi connectivity index (χ0) is 47.1. The van der Waals surface area contributed by atoms with Crippen LogP contribution >= 0.6 is 23.5 Å². The molecular weight excluding hydrogens is 911 g/mol. The zero-order valence-corrected chi connectivity index (χ0v) is 40.5. The monoisotopic (exact) mass is 951 g/mol. The Bertz CT molecular complexity index is 4170. The molecule has 2 aliphatic carbocycles. The van der Waals surface area contributed by atoms with E-state index in [1.165, 1.54) is 86.3 Å². The third-order valence-corrected chi connectivity index (χ3v) is 18.3. The fraction of sp³-hybridized carbons (Fsp3) is 0.0294. The molecule has 3 heterocycles. The van der Waals surface area contributed by atoms with E-state index in [1.807, 2.05) is 29.6 Å². The number of hydrogen-bond donors (Lipinski definition) is 0. The summed E-state index contributed by atoms with van der Waals surface area (Å²) >= 11 is 3.77. The van der Waals surface area contributed by atoms with Gasteiger partial charge in [-0.3, -0.25) is 0 Å². The Morgan fingerprint density at radius 1 is 0.319 bits per heavy atom. The highest BCUT2D eigenvalue weighted by atomic mass is 32.2. The van der Waals surface area contributed by atoms with Crippen molar-refractivity contribution in [3.05, 3.63) is 293 Å². The normalized spacial score (nSPS) is 14.5. The lowest BCUT2D eigenvalue weighted by Gasteiger charge is -2.40. The van der Waals surface area contributed by atoms with Gasteiger partial charge in [0.25, 0.3) is 0 Å². The lowest BCUT2D eigenvalue weighted by atomic mass is 9.67. The second-order valence-corrected chi connectivity index (χ2v) is 21.5. The van der Waals surface area contributed by atoms with E-state index in [2.05, 4.69) is 248 Å². The molecule has 0 saturated carbocycles. The lowest BCUT2D eigenvalue weighted by molar-refractivity contribution is 0.670. The van der Waals surface area contributed by atoms with Gasteiger partial charge in [0.05, 0.1) is 16.5 Å². The summed E-state index contributed by atoms with van der Waals surface area (Å²) in [5.74, 6) is 0. The molecule has 2 aliphatic heterocycles. The topological polar surface area (TPSA) is 16.4 Å². The Labute approximate surface area is 426 Å². The number of nitrogens with zero attached hydrogens (tertiary/aromatic N) is 1. The summed E-state index contributed by atoms with van der Waals surface area (Å²) in [4.78, 5) is 7.73. The molecule has 2 spiro atoms. The summed E-state index contributed by atoms with van der Waals surface area (Å²) < 4.78 is 6.60. The fourth-order valence-corrected chi connectivity index (χ4v) is 15.6. The summed E-state index contributed by atoms with van der Waals surface area (Å²) in [6.45, 7) is 0. The summed E-state index contributed by atoms with van der Waals surface area (Å²) in [7, 11) is 0. The quantitative estimate of drug-likeness (QED) is 0.175. The number of furan rings is 1. The van der Waals surface area contributed by atoms with Crippen LogP contribution in [0, 0.1) is 0 Å². The molecule has 0 unspecified atom stereocenters. The van der Waals surface area contributed by atoms with Crippen molar-refractivity contribution in [2.24, 2.45) is 0 Å². The van der Waals surface area contributed by atoms with E-state index in [0.717, 1.165) is 50.1 Å². The van der Waals surface area contributed by atoms with Crippen LogP contribution < -0.4 is 4.90 Å². The highest BCUT2D eigenvalue weighted by Gasteiger charge is 2.52. The van der Waals surface area contributed by atoms with E-state index in [1.54, 1.807) is 0 Å².